The number of carbonyl (C=O) groups excluding carboxylic acids is 1. The topological polar surface area (TPSA) is 84.1 Å². The van der Waals surface area contributed by atoms with E-state index < -0.39 is 5.91 Å². The summed E-state index contributed by atoms with van der Waals surface area (Å²) in [6.07, 6.45) is 2.33. The third-order valence-corrected chi connectivity index (χ3v) is 3.14. The lowest BCUT2D eigenvalue weighted by atomic mass is 10.1. The second-order valence-corrected chi connectivity index (χ2v) is 4.48. The highest BCUT2D eigenvalue weighted by Crippen LogP contribution is 2.17. The first-order valence-corrected chi connectivity index (χ1v) is 6.32. The van der Waals surface area contributed by atoms with Gasteiger partial charge in [-0.05, 0) is 31.5 Å². The first-order chi connectivity index (χ1) is 8.70. The van der Waals surface area contributed by atoms with Gasteiger partial charge >= 0.3 is 0 Å². The van der Waals surface area contributed by atoms with Crippen LogP contribution in [-0.2, 0) is 0 Å². The van der Waals surface area contributed by atoms with Gasteiger partial charge in [-0.3, -0.25) is 4.79 Å². The maximum absolute atomic E-state index is 10.9. The van der Waals surface area contributed by atoms with Crippen molar-refractivity contribution in [2.24, 2.45) is 5.73 Å². The Morgan fingerprint density at radius 3 is 3.00 bits per heavy atom. The molecular formula is C12H19N5O. The lowest BCUT2D eigenvalue weighted by Crippen LogP contribution is -2.46. The van der Waals surface area contributed by atoms with Crippen molar-refractivity contribution in [1.29, 1.82) is 0 Å². The smallest absolute Gasteiger partial charge is 0.269 e. The fourth-order valence-corrected chi connectivity index (χ4v) is 2.27. The first-order valence-electron chi connectivity index (χ1n) is 6.32. The highest BCUT2D eigenvalue weighted by Gasteiger charge is 2.20. The molecule has 6 nitrogen and oxygen atoms in total. The zero-order valence-corrected chi connectivity index (χ0v) is 10.6. The van der Waals surface area contributed by atoms with Gasteiger partial charge in [-0.1, -0.05) is 6.92 Å². The second-order valence-electron chi connectivity index (χ2n) is 4.48. The number of amides is 1. The van der Waals surface area contributed by atoms with Crippen LogP contribution in [0.5, 0.6) is 0 Å². The molecule has 1 aliphatic rings. The average molecular weight is 249 g/mol. The molecule has 0 aromatic carbocycles. The summed E-state index contributed by atoms with van der Waals surface area (Å²) in [6, 6.07) is 3.93. The van der Waals surface area contributed by atoms with Gasteiger partial charge < -0.3 is 16.0 Å². The van der Waals surface area contributed by atoms with Crippen LogP contribution < -0.4 is 16.0 Å². The fourth-order valence-electron chi connectivity index (χ4n) is 2.27. The number of primary amides is 1. The molecule has 0 saturated carbocycles. The molecule has 0 spiro atoms. The van der Waals surface area contributed by atoms with Crippen molar-refractivity contribution < 1.29 is 4.79 Å². The van der Waals surface area contributed by atoms with Crippen LogP contribution in [0.2, 0.25) is 0 Å². The largest absolute Gasteiger partial charge is 0.364 e. The molecule has 1 aromatic rings. The molecule has 98 valence electrons. The molecular weight excluding hydrogens is 230 g/mol. The van der Waals surface area contributed by atoms with Gasteiger partial charge in [0.1, 0.15) is 0 Å². The molecule has 1 unspecified atom stereocenters. The lowest BCUT2D eigenvalue weighted by Gasteiger charge is -2.33. The minimum atomic E-state index is -0.543. The van der Waals surface area contributed by atoms with Crippen LogP contribution in [0.25, 0.3) is 0 Å². The van der Waals surface area contributed by atoms with Gasteiger partial charge in [-0.2, -0.15) is 0 Å². The Morgan fingerprint density at radius 2 is 2.39 bits per heavy atom. The number of rotatable bonds is 4. The van der Waals surface area contributed by atoms with Gasteiger partial charge in [0, 0.05) is 19.1 Å². The maximum atomic E-state index is 10.9. The van der Waals surface area contributed by atoms with Crippen molar-refractivity contribution in [3.63, 3.8) is 0 Å². The van der Waals surface area contributed by atoms with Crippen LogP contribution in [0, 0.1) is 0 Å². The Hall–Kier alpha value is -1.69. The summed E-state index contributed by atoms with van der Waals surface area (Å²) < 4.78 is 0. The number of nitrogens with zero attached hydrogens (tertiary/aromatic N) is 3. The van der Waals surface area contributed by atoms with Crippen LogP contribution in [-0.4, -0.2) is 41.8 Å². The summed E-state index contributed by atoms with van der Waals surface area (Å²) in [6.45, 7) is 5.00. The molecule has 2 rings (SSSR count). The summed E-state index contributed by atoms with van der Waals surface area (Å²) in [4.78, 5) is 13.1. The Morgan fingerprint density at radius 1 is 1.56 bits per heavy atom. The van der Waals surface area contributed by atoms with E-state index in [1.54, 1.807) is 12.1 Å². The van der Waals surface area contributed by atoms with Gasteiger partial charge in [0.05, 0.1) is 0 Å². The van der Waals surface area contributed by atoms with Crippen molar-refractivity contribution in [2.45, 2.75) is 25.8 Å². The molecule has 0 aliphatic carbocycles. The summed E-state index contributed by atoms with van der Waals surface area (Å²) in [5.74, 6) is 0.265. The number of nitrogens with two attached hydrogens (primary N) is 1. The normalized spacial score (nSPS) is 19.8. The number of hydrogen-bond acceptors (Lipinski definition) is 5. The second kappa shape index (κ2) is 5.77. The Labute approximate surface area is 107 Å². The highest BCUT2D eigenvalue weighted by molar-refractivity contribution is 5.90. The summed E-state index contributed by atoms with van der Waals surface area (Å²) in [7, 11) is 0. The minimum Gasteiger partial charge on any atom is -0.364 e. The van der Waals surface area contributed by atoms with E-state index in [9.17, 15) is 4.79 Å². The lowest BCUT2D eigenvalue weighted by molar-refractivity contribution is 0.0994. The molecule has 18 heavy (non-hydrogen) atoms. The number of aromatic nitrogens is 2. The SMILES string of the molecule is CCNC1CCCN(c2ccc(C(N)=O)nn2)C1. The van der Waals surface area contributed by atoms with E-state index >= 15 is 0 Å². The van der Waals surface area contributed by atoms with Crippen LogP contribution >= 0.6 is 0 Å². The number of anilines is 1. The fraction of sp³-hybridized carbons (Fsp3) is 0.583. The minimum absolute atomic E-state index is 0.207. The summed E-state index contributed by atoms with van der Waals surface area (Å²) >= 11 is 0. The van der Waals surface area contributed by atoms with Gasteiger partial charge in [0.2, 0.25) is 0 Å². The van der Waals surface area contributed by atoms with Crippen molar-refractivity contribution in [1.82, 2.24) is 15.5 Å². The molecule has 1 atom stereocenters. The monoisotopic (exact) mass is 249 g/mol. The first kappa shape index (κ1) is 12.8. The van der Waals surface area contributed by atoms with E-state index in [1.807, 2.05) is 0 Å². The van der Waals surface area contributed by atoms with Crippen molar-refractivity contribution >= 4 is 11.7 Å². The maximum Gasteiger partial charge on any atom is 0.269 e. The van der Waals surface area contributed by atoms with Crippen LogP contribution in [0.15, 0.2) is 12.1 Å². The number of hydrogen-bond donors (Lipinski definition) is 2. The zero-order valence-electron chi connectivity index (χ0n) is 10.6. The van der Waals surface area contributed by atoms with E-state index in [-0.39, 0.29) is 5.69 Å². The molecule has 1 aliphatic heterocycles. The Bertz CT molecular complexity index is 403. The van der Waals surface area contributed by atoms with Crippen LogP contribution in [0.3, 0.4) is 0 Å². The number of carbonyl (C=O) groups is 1. The summed E-state index contributed by atoms with van der Waals surface area (Å²) in [5.41, 5.74) is 5.35. The third-order valence-electron chi connectivity index (χ3n) is 3.14. The Kier molecular flexibility index (Phi) is 4.09. The summed E-state index contributed by atoms with van der Waals surface area (Å²) in [5, 5.41) is 11.4. The number of likely N-dealkylation sites (N-methyl/N-ethyl adjacent to an activating group) is 1. The number of piperidine rings is 1. The predicted octanol–water partition coefficient (Wildman–Crippen LogP) is 0.154. The van der Waals surface area contributed by atoms with E-state index in [1.165, 1.54) is 6.42 Å². The quantitative estimate of drug-likeness (QED) is 0.793. The van der Waals surface area contributed by atoms with Crippen LogP contribution in [0.1, 0.15) is 30.3 Å². The molecule has 1 saturated heterocycles. The number of nitrogens with one attached hydrogen (secondary N) is 1. The van der Waals surface area contributed by atoms with Gasteiger partial charge in [0.25, 0.3) is 5.91 Å². The molecule has 1 fully saturated rings. The van der Waals surface area contributed by atoms with E-state index in [0.29, 0.717) is 6.04 Å². The molecule has 3 N–H and O–H groups in total. The molecule has 6 heteroatoms. The van der Waals surface area contributed by atoms with E-state index in [0.717, 1.165) is 31.9 Å². The van der Waals surface area contributed by atoms with E-state index in [2.05, 4.69) is 27.3 Å². The highest BCUT2D eigenvalue weighted by atomic mass is 16.1. The average Bonchev–Trinajstić information content (AvgIpc) is 2.39. The Balaban J connectivity index is 2.04. The van der Waals surface area contributed by atoms with Gasteiger partial charge in [-0.15, -0.1) is 10.2 Å². The van der Waals surface area contributed by atoms with E-state index in [4.69, 9.17) is 5.73 Å². The molecule has 0 radical (unpaired) electrons. The zero-order chi connectivity index (χ0) is 13.0. The predicted molar refractivity (Wildman–Crippen MR) is 69.5 cm³/mol. The van der Waals surface area contributed by atoms with Crippen molar-refractivity contribution in [2.75, 3.05) is 24.5 Å². The van der Waals surface area contributed by atoms with Crippen molar-refractivity contribution in [3.8, 4) is 0 Å². The molecule has 2 heterocycles. The molecule has 1 aromatic heterocycles. The molecule has 1 amide bonds. The third kappa shape index (κ3) is 2.95. The van der Waals surface area contributed by atoms with Crippen molar-refractivity contribution in [3.05, 3.63) is 17.8 Å². The molecule has 0 bridgehead atoms. The standard InChI is InChI=1S/C12H19N5O/c1-2-14-9-4-3-7-17(8-9)11-6-5-10(12(13)18)15-16-11/h5-6,9,14H,2-4,7-8H2,1H3,(H2,13,18). The van der Waals surface area contributed by atoms with Gasteiger partial charge in [0.15, 0.2) is 11.5 Å². The van der Waals surface area contributed by atoms with Crippen LogP contribution in [0.4, 0.5) is 5.82 Å². The van der Waals surface area contributed by atoms with Gasteiger partial charge in [-0.25, -0.2) is 0 Å².